The van der Waals surface area contributed by atoms with E-state index in [4.69, 9.17) is 9.47 Å². The average Bonchev–Trinajstić information content (AvgIpc) is 3.17. The van der Waals surface area contributed by atoms with Crippen LogP contribution in [-0.4, -0.2) is 30.4 Å². The fourth-order valence-corrected chi connectivity index (χ4v) is 5.16. The van der Waals surface area contributed by atoms with E-state index in [0.29, 0.717) is 0 Å². The van der Waals surface area contributed by atoms with Gasteiger partial charge in [-0.2, -0.15) is 0 Å². The van der Waals surface area contributed by atoms with E-state index >= 15 is 0 Å². The molecule has 0 amide bonds. The lowest BCUT2D eigenvalue weighted by atomic mass is 9.61. The van der Waals surface area contributed by atoms with Crippen LogP contribution < -0.4 is 0 Å². The molecule has 0 N–H and O–H groups in total. The van der Waals surface area contributed by atoms with Gasteiger partial charge in [0, 0.05) is 31.3 Å². The molecule has 1 saturated heterocycles. The number of hydrogen-bond acceptors (Lipinski definition) is 3. The van der Waals surface area contributed by atoms with Crippen LogP contribution in [0.4, 0.5) is 0 Å². The third-order valence-electron chi connectivity index (χ3n) is 6.49. The van der Waals surface area contributed by atoms with Gasteiger partial charge in [0.05, 0.1) is 13.2 Å². The summed E-state index contributed by atoms with van der Waals surface area (Å²) in [4.78, 5) is 2.49. The SMILES string of the molecule is C1=C2CCC3(CC2(c2ccccc2)CCN1Cc1ccccc1)OCCO3. The van der Waals surface area contributed by atoms with E-state index in [2.05, 4.69) is 71.8 Å². The van der Waals surface area contributed by atoms with Crippen molar-refractivity contribution >= 4 is 0 Å². The van der Waals surface area contributed by atoms with Crippen molar-refractivity contribution in [2.75, 3.05) is 19.8 Å². The summed E-state index contributed by atoms with van der Waals surface area (Å²) >= 11 is 0. The molecule has 2 aromatic rings. The highest BCUT2D eigenvalue weighted by molar-refractivity contribution is 5.40. The summed E-state index contributed by atoms with van der Waals surface area (Å²) in [5.74, 6) is -0.380. The minimum Gasteiger partial charge on any atom is -0.373 e. The van der Waals surface area contributed by atoms with Crippen LogP contribution in [0.3, 0.4) is 0 Å². The predicted octanol–water partition coefficient (Wildman–Crippen LogP) is 4.64. The molecule has 0 radical (unpaired) electrons. The summed E-state index contributed by atoms with van der Waals surface area (Å²) in [7, 11) is 0. The third-order valence-corrected chi connectivity index (χ3v) is 6.49. The van der Waals surface area contributed by atoms with Crippen molar-refractivity contribution in [1.82, 2.24) is 4.90 Å². The molecule has 140 valence electrons. The smallest absolute Gasteiger partial charge is 0.169 e. The van der Waals surface area contributed by atoms with Crippen molar-refractivity contribution in [2.24, 2.45) is 0 Å². The molecule has 5 rings (SSSR count). The first-order chi connectivity index (χ1) is 13.3. The molecule has 3 nitrogen and oxygen atoms in total. The van der Waals surface area contributed by atoms with E-state index in [1.165, 1.54) is 11.1 Å². The Bertz CT molecular complexity index is 811. The summed E-state index contributed by atoms with van der Waals surface area (Å²) < 4.78 is 12.3. The monoisotopic (exact) mass is 361 g/mol. The Morgan fingerprint density at radius 2 is 1.56 bits per heavy atom. The highest BCUT2D eigenvalue weighted by Gasteiger charge is 2.52. The molecule has 3 heteroatoms. The van der Waals surface area contributed by atoms with Crippen LogP contribution in [0.1, 0.15) is 36.8 Å². The molecular weight excluding hydrogens is 334 g/mol. The zero-order chi connectivity index (χ0) is 18.2. The fraction of sp³-hybridized carbons (Fsp3) is 0.417. The van der Waals surface area contributed by atoms with Gasteiger partial charge in [0.25, 0.3) is 0 Å². The van der Waals surface area contributed by atoms with Gasteiger partial charge in [0.2, 0.25) is 0 Å². The van der Waals surface area contributed by atoms with Crippen LogP contribution in [-0.2, 0) is 21.4 Å². The van der Waals surface area contributed by atoms with E-state index in [1.807, 2.05) is 0 Å². The lowest BCUT2D eigenvalue weighted by Gasteiger charge is -2.50. The van der Waals surface area contributed by atoms with E-state index in [9.17, 15) is 0 Å². The topological polar surface area (TPSA) is 21.7 Å². The first kappa shape index (κ1) is 17.0. The molecule has 0 aromatic heterocycles. The quantitative estimate of drug-likeness (QED) is 0.795. The van der Waals surface area contributed by atoms with Gasteiger partial charge in [0.15, 0.2) is 5.79 Å². The summed E-state index contributed by atoms with van der Waals surface area (Å²) in [5.41, 5.74) is 4.36. The maximum atomic E-state index is 6.14. The molecule has 2 aromatic carbocycles. The molecule has 2 fully saturated rings. The first-order valence-corrected chi connectivity index (χ1v) is 10.1. The van der Waals surface area contributed by atoms with Crippen molar-refractivity contribution in [3.63, 3.8) is 0 Å². The summed E-state index contributed by atoms with van der Waals surface area (Å²) in [6, 6.07) is 21.8. The minimum absolute atomic E-state index is 0.0387. The number of ether oxygens (including phenoxy) is 2. The Hall–Kier alpha value is -2.10. The van der Waals surface area contributed by atoms with Gasteiger partial charge in [-0.1, -0.05) is 60.7 Å². The van der Waals surface area contributed by atoms with Gasteiger partial charge in [0.1, 0.15) is 0 Å². The van der Waals surface area contributed by atoms with Gasteiger partial charge < -0.3 is 14.4 Å². The van der Waals surface area contributed by atoms with Gasteiger partial charge in [-0.15, -0.1) is 0 Å². The molecule has 2 aliphatic heterocycles. The average molecular weight is 361 g/mol. The van der Waals surface area contributed by atoms with E-state index in [0.717, 1.165) is 52.0 Å². The van der Waals surface area contributed by atoms with Gasteiger partial charge >= 0.3 is 0 Å². The van der Waals surface area contributed by atoms with E-state index in [-0.39, 0.29) is 11.2 Å². The third kappa shape index (κ3) is 3.09. The maximum Gasteiger partial charge on any atom is 0.169 e. The van der Waals surface area contributed by atoms with Gasteiger partial charge in [-0.25, -0.2) is 0 Å². The molecule has 1 unspecified atom stereocenters. The van der Waals surface area contributed by atoms with Crippen LogP contribution in [0.25, 0.3) is 0 Å². The van der Waals surface area contributed by atoms with Crippen LogP contribution in [0.15, 0.2) is 72.4 Å². The molecule has 1 atom stereocenters. The number of fused-ring (bicyclic) bond motifs is 1. The maximum absolute atomic E-state index is 6.14. The van der Waals surface area contributed by atoms with Crippen molar-refractivity contribution in [1.29, 1.82) is 0 Å². The normalized spacial score (nSPS) is 26.7. The molecule has 2 heterocycles. The van der Waals surface area contributed by atoms with Crippen LogP contribution >= 0.6 is 0 Å². The first-order valence-electron chi connectivity index (χ1n) is 10.1. The highest BCUT2D eigenvalue weighted by atomic mass is 16.7. The second-order valence-electron chi connectivity index (χ2n) is 8.09. The number of hydrogen-bond donors (Lipinski definition) is 0. The molecule has 27 heavy (non-hydrogen) atoms. The Morgan fingerprint density at radius 3 is 2.30 bits per heavy atom. The zero-order valence-corrected chi connectivity index (χ0v) is 15.8. The van der Waals surface area contributed by atoms with Crippen LogP contribution in [0.2, 0.25) is 0 Å². The second-order valence-corrected chi connectivity index (χ2v) is 8.09. The standard InChI is InChI=1S/C24H27NO2/c1-3-7-20(8-4-1)17-25-14-13-23(21-9-5-2-6-10-21)19-24(26-15-16-27-24)12-11-22(23)18-25/h1-10,18H,11-17,19H2. The summed E-state index contributed by atoms with van der Waals surface area (Å²) in [5, 5.41) is 0. The number of nitrogens with zero attached hydrogens (tertiary/aromatic N) is 1. The largest absolute Gasteiger partial charge is 0.373 e. The minimum atomic E-state index is -0.380. The fourth-order valence-electron chi connectivity index (χ4n) is 5.16. The molecule has 1 spiro atoms. The number of allylic oxidation sites excluding steroid dienone is 1. The lowest BCUT2D eigenvalue weighted by Crippen LogP contribution is -2.49. The van der Waals surface area contributed by atoms with E-state index < -0.39 is 0 Å². The van der Waals surface area contributed by atoms with E-state index in [1.54, 1.807) is 5.57 Å². The zero-order valence-electron chi connectivity index (χ0n) is 15.8. The molecular formula is C24H27NO2. The summed E-state index contributed by atoms with van der Waals surface area (Å²) in [6.45, 7) is 3.49. The van der Waals surface area contributed by atoms with Crippen molar-refractivity contribution < 1.29 is 9.47 Å². The molecule has 1 aliphatic carbocycles. The Labute approximate surface area is 161 Å². The number of rotatable bonds is 3. The summed E-state index contributed by atoms with van der Waals surface area (Å²) in [6.07, 6.45) is 6.50. The molecule has 0 bridgehead atoms. The Balaban J connectivity index is 1.49. The second kappa shape index (κ2) is 6.81. The highest BCUT2D eigenvalue weighted by Crippen LogP contribution is 2.53. The van der Waals surface area contributed by atoms with Crippen LogP contribution in [0.5, 0.6) is 0 Å². The predicted molar refractivity (Wildman–Crippen MR) is 106 cm³/mol. The Kier molecular flexibility index (Phi) is 4.30. The van der Waals surface area contributed by atoms with Crippen molar-refractivity contribution in [3.8, 4) is 0 Å². The lowest BCUT2D eigenvalue weighted by molar-refractivity contribution is -0.185. The van der Waals surface area contributed by atoms with Crippen LogP contribution in [0, 0.1) is 0 Å². The Morgan fingerprint density at radius 1 is 0.852 bits per heavy atom. The number of benzene rings is 2. The van der Waals surface area contributed by atoms with Crippen molar-refractivity contribution in [3.05, 3.63) is 83.6 Å². The van der Waals surface area contributed by atoms with Gasteiger partial charge in [-0.3, -0.25) is 0 Å². The molecule has 1 saturated carbocycles. The molecule has 3 aliphatic rings. The van der Waals surface area contributed by atoms with Crippen molar-refractivity contribution in [2.45, 2.75) is 43.4 Å². The van der Waals surface area contributed by atoms with Gasteiger partial charge in [-0.05, 0) is 35.7 Å².